The van der Waals surface area contributed by atoms with Crippen molar-refractivity contribution in [3.63, 3.8) is 0 Å². The van der Waals surface area contributed by atoms with E-state index in [1.807, 2.05) is 31.3 Å². The van der Waals surface area contributed by atoms with Crippen LogP contribution in [0.1, 0.15) is 17.2 Å². The van der Waals surface area contributed by atoms with Gasteiger partial charge in [0.2, 0.25) is 0 Å². The Hall–Kier alpha value is -1.09. The lowest BCUT2D eigenvalue weighted by Gasteiger charge is -2.18. The number of hydrogen-bond acceptors (Lipinski definition) is 1. The third-order valence-electron chi connectivity index (χ3n) is 3.08. The van der Waals surface area contributed by atoms with E-state index < -0.39 is 5.82 Å². The molecule has 4 heteroatoms. The van der Waals surface area contributed by atoms with E-state index in [0.717, 1.165) is 22.6 Å². The maximum absolute atomic E-state index is 13.2. The van der Waals surface area contributed by atoms with Crippen LogP contribution in [0.15, 0.2) is 42.5 Å². The first-order valence-corrected chi connectivity index (χ1v) is 6.73. The quantitative estimate of drug-likeness (QED) is 0.867. The van der Waals surface area contributed by atoms with Gasteiger partial charge >= 0.3 is 0 Å². The molecule has 0 fully saturated rings. The zero-order chi connectivity index (χ0) is 13.8. The van der Waals surface area contributed by atoms with Crippen LogP contribution in [-0.4, -0.2) is 7.05 Å². The highest BCUT2D eigenvalue weighted by molar-refractivity contribution is 6.31. The maximum Gasteiger partial charge on any atom is 0.141 e. The van der Waals surface area contributed by atoms with Crippen LogP contribution < -0.4 is 5.32 Å². The molecule has 0 spiro atoms. The molecule has 0 bridgehead atoms. The van der Waals surface area contributed by atoms with Gasteiger partial charge in [0.1, 0.15) is 5.82 Å². The Labute approximate surface area is 122 Å². The monoisotopic (exact) mass is 297 g/mol. The molecule has 2 aromatic rings. The van der Waals surface area contributed by atoms with Crippen molar-refractivity contribution in [2.45, 2.75) is 12.5 Å². The van der Waals surface area contributed by atoms with Crippen LogP contribution in [0.4, 0.5) is 4.39 Å². The average Bonchev–Trinajstić information content (AvgIpc) is 2.41. The van der Waals surface area contributed by atoms with E-state index in [4.69, 9.17) is 23.2 Å². The first-order chi connectivity index (χ1) is 9.11. The Balaban J connectivity index is 2.25. The van der Waals surface area contributed by atoms with Crippen LogP contribution in [-0.2, 0) is 6.42 Å². The Morgan fingerprint density at radius 2 is 1.84 bits per heavy atom. The van der Waals surface area contributed by atoms with Crippen molar-refractivity contribution in [2.75, 3.05) is 7.05 Å². The van der Waals surface area contributed by atoms with Gasteiger partial charge in [-0.3, -0.25) is 0 Å². The number of halogens is 3. The summed E-state index contributed by atoms with van der Waals surface area (Å²) in [4.78, 5) is 0. The van der Waals surface area contributed by atoms with E-state index in [-0.39, 0.29) is 11.1 Å². The minimum atomic E-state index is -0.405. The highest BCUT2D eigenvalue weighted by Gasteiger charge is 2.13. The first-order valence-electron chi connectivity index (χ1n) is 5.97. The molecule has 19 heavy (non-hydrogen) atoms. The van der Waals surface area contributed by atoms with Crippen molar-refractivity contribution in [3.05, 3.63) is 69.5 Å². The Bertz CT molecular complexity index is 572. The van der Waals surface area contributed by atoms with Gasteiger partial charge in [-0.15, -0.1) is 0 Å². The lowest BCUT2D eigenvalue weighted by Crippen LogP contribution is -2.19. The van der Waals surface area contributed by atoms with Crippen LogP contribution in [0.2, 0.25) is 10.0 Å². The normalized spacial score (nSPS) is 12.4. The van der Waals surface area contributed by atoms with Gasteiger partial charge < -0.3 is 5.32 Å². The fourth-order valence-corrected chi connectivity index (χ4v) is 2.40. The van der Waals surface area contributed by atoms with Crippen molar-refractivity contribution >= 4 is 23.2 Å². The van der Waals surface area contributed by atoms with E-state index in [2.05, 4.69) is 5.32 Å². The minimum Gasteiger partial charge on any atom is -0.313 e. The van der Waals surface area contributed by atoms with Crippen LogP contribution >= 0.6 is 23.2 Å². The predicted octanol–water partition coefficient (Wildman–Crippen LogP) is 4.64. The van der Waals surface area contributed by atoms with E-state index in [9.17, 15) is 4.39 Å². The van der Waals surface area contributed by atoms with Crippen molar-refractivity contribution in [2.24, 2.45) is 0 Å². The van der Waals surface area contributed by atoms with E-state index in [1.165, 1.54) is 6.07 Å². The summed E-state index contributed by atoms with van der Waals surface area (Å²) in [6.45, 7) is 0. The van der Waals surface area contributed by atoms with E-state index in [0.29, 0.717) is 0 Å². The van der Waals surface area contributed by atoms with Crippen molar-refractivity contribution in [1.82, 2.24) is 5.32 Å². The summed E-state index contributed by atoms with van der Waals surface area (Å²) in [6.07, 6.45) is 0.720. The van der Waals surface area contributed by atoms with Crippen LogP contribution in [0.5, 0.6) is 0 Å². The molecule has 0 saturated heterocycles. The summed E-state index contributed by atoms with van der Waals surface area (Å²) in [5, 5.41) is 4.07. The number of hydrogen-bond donors (Lipinski definition) is 1. The van der Waals surface area contributed by atoms with Crippen molar-refractivity contribution < 1.29 is 4.39 Å². The molecule has 2 rings (SSSR count). The summed E-state index contributed by atoms with van der Waals surface area (Å²) >= 11 is 12.0. The zero-order valence-electron chi connectivity index (χ0n) is 10.5. The minimum absolute atomic E-state index is 0.0398. The summed E-state index contributed by atoms with van der Waals surface area (Å²) in [5.74, 6) is -0.405. The lowest BCUT2D eigenvalue weighted by atomic mass is 9.99. The molecule has 100 valence electrons. The zero-order valence-corrected chi connectivity index (χ0v) is 12.0. The Morgan fingerprint density at radius 3 is 2.47 bits per heavy atom. The van der Waals surface area contributed by atoms with Gasteiger partial charge in [-0.25, -0.2) is 4.39 Å². The third kappa shape index (κ3) is 3.47. The molecule has 0 saturated carbocycles. The second-order valence-corrected chi connectivity index (χ2v) is 5.12. The molecule has 0 radical (unpaired) electrons. The molecule has 1 unspecified atom stereocenters. The largest absolute Gasteiger partial charge is 0.313 e. The SMILES string of the molecule is CNC(Cc1ccccc1Cl)c1ccc(F)c(Cl)c1. The summed E-state index contributed by atoms with van der Waals surface area (Å²) in [7, 11) is 1.86. The van der Waals surface area contributed by atoms with Crippen LogP contribution in [0.3, 0.4) is 0 Å². The van der Waals surface area contributed by atoms with Gasteiger partial charge in [0.15, 0.2) is 0 Å². The van der Waals surface area contributed by atoms with Gasteiger partial charge in [-0.2, -0.15) is 0 Å². The molecule has 1 N–H and O–H groups in total. The molecule has 0 amide bonds. The van der Waals surface area contributed by atoms with Gasteiger partial charge in [0.25, 0.3) is 0 Å². The molecule has 1 nitrogen and oxygen atoms in total. The van der Waals surface area contributed by atoms with E-state index in [1.54, 1.807) is 12.1 Å². The van der Waals surface area contributed by atoms with Gasteiger partial charge in [0, 0.05) is 11.1 Å². The third-order valence-corrected chi connectivity index (χ3v) is 3.73. The summed E-state index contributed by atoms with van der Waals surface area (Å²) < 4.78 is 13.2. The fraction of sp³-hybridized carbons (Fsp3) is 0.200. The first kappa shape index (κ1) is 14.3. The van der Waals surface area contributed by atoms with Crippen LogP contribution in [0.25, 0.3) is 0 Å². The fourth-order valence-electron chi connectivity index (χ4n) is 2.00. The number of likely N-dealkylation sites (N-methyl/N-ethyl adjacent to an activating group) is 1. The van der Waals surface area contributed by atoms with Gasteiger partial charge in [-0.1, -0.05) is 47.5 Å². The van der Waals surface area contributed by atoms with E-state index >= 15 is 0 Å². The predicted molar refractivity (Wildman–Crippen MR) is 78.4 cm³/mol. The van der Waals surface area contributed by atoms with Crippen molar-refractivity contribution in [3.8, 4) is 0 Å². The van der Waals surface area contributed by atoms with Crippen molar-refractivity contribution in [1.29, 1.82) is 0 Å². The van der Waals surface area contributed by atoms with Crippen LogP contribution in [0, 0.1) is 5.82 Å². The molecule has 0 aliphatic rings. The Kier molecular flexibility index (Phi) is 4.81. The standard InChI is InChI=1S/C15H14Cl2FN/c1-19-15(9-10-4-2-3-5-12(10)16)11-6-7-14(18)13(17)8-11/h2-8,15,19H,9H2,1H3. The summed E-state index contributed by atoms with van der Waals surface area (Å²) in [6, 6.07) is 12.5. The molecular formula is C15H14Cl2FN. The molecule has 0 aromatic heterocycles. The lowest BCUT2D eigenvalue weighted by molar-refractivity contribution is 0.586. The highest BCUT2D eigenvalue weighted by atomic mass is 35.5. The maximum atomic E-state index is 13.2. The van der Waals surface area contributed by atoms with Gasteiger partial charge in [0.05, 0.1) is 5.02 Å². The average molecular weight is 298 g/mol. The summed E-state index contributed by atoms with van der Waals surface area (Å²) in [5.41, 5.74) is 1.98. The molecular weight excluding hydrogens is 284 g/mol. The second-order valence-electron chi connectivity index (χ2n) is 4.31. The number of benzene rings is 2. The Morgan fingerprint density at radius 1 is 1.11 bits per heavy atom. The molecule has 2 aromatic carbocycles. The van der Waals surface area contributed by atoms with Gasteiger partial charge in [-0.05, 0) is 42.8 Å². The highest BCUT2D eigenvalue weighted by Crippen LogP contribution is 2.26. The number of rotatable bonds is 4. The molecule has 0 aliphatic heterocycles. The molecule has 1 atom stereocenters. The topological polar surface area (TPSA) is 12.0 Å². The number of nitrogens with one attached hydrogen (secondary N) is 1. The molecule has 0 aliphatic carbocycles. The molecule has 0 heterocycles. The second kappa shape index (κ2) is 6.38. The smallest absolute Gasteiger partial charge is 0.141 e.